The number of rotatable bonds is 5. The van der Waals surface area contributed by atoms with Crippen molar-refractivity contribution in [1.29, 1.82) is 0 Å². The number of halogens is 3. The fourth-order valence-corrected chi connectivity index (χ4v) is 3.63. The van der Waals surface area contributed by atoms with E-state index < -0.39 is 18.0 Å². The van der Waals surface area contributed by atoms with Crippen LogP contribution >= 0.6 is 0 Å². The molecule has 1 aliphatic heterocycles. The molecule has 2 aromatic rings. The lowest BCUT2D eigenvalue weighted by Crippen LogP contribution is -2.47. The third-order valence-electron chi connectivity index (χ3n) is 5.10. The molecule has 2 N–H and O–H groups in total. The van der Waals surface area contributed by atoms with Gasteiger partial charge in [0, 0.05) is 30.4 Å². The molecular weight excluding hydrogens is 415 g/mol. The van der Waals surface area contributed by atoms with Crippen LogP contribution in [0.1, 0.15) is 43.7 Å². The first-order chi connectivity index (χ1) is 14.3. The number of hydrogen-bond donors (Lipinski definition) is 2. The van der Waals surface area contributed by atoms with Crippen molar-refractivity contribution in [3.8, 4) is 16.9 Å². The second-order valence-electron chi connectivity index (χ2n) is 8.35. The van der Waals surface area contributed by atoms with Gasteiger partial charge in [-0.3, -0.25) is 4.79 Å². The Hall–Kier alpha value is -3.17. The molecule has 2 amide bonds. The topological polar surface area (TPSA) is 83.8 Å². The average Bonchev–Trinajstić information content (AvgIpc) is 3.07. The fourth-order valence-electron chi connectivity index (χ4n) is 3.63. The third-order valence-corrected chi connectivity index (χ3v) is 5.10. The Balaban J connectivity index is 1.86. The Morgan fingerprint density at radius 3 is 2.58 bits per heavy atom. The molecule has 0 aliphatic carbocycles. The summed E-state index contributed by atoms with van der Waals surface area (Å²) in [6, 6.07) is 6.94. The number of hydrogen-bond acceptors (Lipinski definition) is 3. The van der Waals surface area contributed by atoms with Crippen LogP contribution in [0.3, 0.4) is 0 Å². The highest BCUT2D eigenvalue weighted by Gasteiger charge is 2.32. The maximum Gasteiger partial charge on any atom is 0.573 e. The maximum atomic E-state index is 12.5. The summed E-state index contributed by atoms with van der Waals surface area (Å²) in [5.41, 5.74) is 0.826. The standard InChI is InChI=1S/C21H24F3N3O4/c1-20(2,3)27(19(29)30)8-7-15-11-25-18(28)17-10-14(12-26(15)17)13-5-4-6-16(9-13)31-21(22,23)24/h4-6,9-10,12,15H,7-8,11H2,1-3H3,(H,25,28)(H,29,30). The van der Waals surface area contributed by atoms with Gasteiger partial charge < -0.3 is 24.6 Å². The van der Waals surface area contributed by atoms with Crippen LogP contribution in [-0.2, 0) is 0 Å². The van der Waals surface area contributed by atoms with Gasteiger partial charge in [0.05, 0.1) is 6.04 Å². The van der Waals surface area contributed by atoms with Crippen LogP contribution in [0.25, 0.3) is 11.1 Å². The number of fused-ring (bicyclic) bond motifs is 1. The molecule has 1 unspecified atom stereocenters. The molecule has 0 saturated carbocycles. The van der Waals surface area contributed by atoms with Crippen molar-refractivity contribution in [2.45, 2.75) is 45.1 Å². The van der Waals surface area contributed by atoms with E-state index in [0.717, 1.165) is 0 Å². The average molecular weight is 439 g/mol. The number of carbonyl (C=O) groups excluding carboxylic acids is 1. The summed E-state index contributed by atoms with van der Waals surface area (Å²) in [5.74, 6) is -0.645. The zero-order valence-electron chi connectivity index (χ0n) is 17.4. The first kappa shape index (κ1) is 22.5. The fraction of sp³-hybridized carbons (Fsp3) is 0.429. The van der Waals surface area contributed by atoms with Crippen LogP contribution in [0.4, 0.5) is 18.0 Å². The van der Waals surface area contributed by atoms with Crippen LogP contribution in [-0.4, -0.2) is 51.6 Å². The van der Waals surface area contributed by atoms with Crippen molar-refractivity contribution in [2.75, 3.05) is 13.1 Å². The molecule has 7 nitrogen and oxygen atoms in total. The third kappa shape index (κ3) is 5.31. The number of carbonyl (C=O) groups is 2. The quantitative estimate of drug-likeness (QED) is 0.718. The highest BCUT2D eigenvalue weighted by atomic mass is 19.4. The van der Waals surface area contributed by atoms with Crippen LogP contribution in [0, 0.1) is 0 Å². The summed E-state index contributed by atoms with van der Waals surface area (Å²) in [5, 5.41) is 12.3. The van der Waals surface area contributed by atoms with Gasteiger partial charge in [-0.15, -0.1) is 13.2 Å². The first-order valence-electron chi connectivity index (χ1n) is 9.72. The molecule has 0 saturated heterocycles. The summed E-state index contributed by atoms with van der Waals surface area (Å²) in [7, 11) is 0. The summed E-state index contributed by atoms with van der Waals surface area (Å²) in [6.45, 7) is 6.01. The minimum Gasteiger partial charge on any atom is -0.465 e. The second kappa shape index (κ2) is 8.16. The predicted octanol–water partition coefficient (Wildman–Crippen LogP) is 4.51. The molecule has 1 aromatic heterocycles. The summed E-state index contributed by atoms with van der Waals surface area (Å²) < 4.78 is 43.3. The molecule has 0 bridgehead atoms. The van der Waals surface area contributed by atoms with Gasteiger partial charge in [0.25, 0.3) is 5.91 Å². The SMILES string of the molecule is CC(C)(C)N(CCC1CNC(=O)c2cc(-c3cccc(OC(F)(F)F)c3)cn21)C(=O)O. The zero-order chi connectivity index (χ0) is 23.0. The van der Waals surface area contributed by atoms with Crippen molar-refractivity contribution in [2.24, 2.45) is 0 Å². The van der Waals surface area contributed by atoms with E-state index in [2.05, 4.69) is 10.1 Å². The highest BCUT2D eigenvalue weighted by molar-refractivity contribution is 5.95. The van der Waals surface area contributed by atoms with Crippen molar-refractivity contribution in [3.05, 3.63) is 42.2 Å². The first-order valence-corrected chi connectivity index (χ1v) is 9.72. The van der Waals surface area contributed by atoms with Crippen molar-refractivity contribution in [1.82, 2.24) is 14.8 Å². The lowest BCUT2D eigenvalue weighted by Gasteiger charge is -2.35. The largest absolute Gasteiger partial charge is 0.573 e. The number of nitrogens with zero attached hydrogens (tertiary/aromatic N) is 2. The van der Waals surface area contributed by atoms with E-state index in [1.54, 1.807) is 43.7 Å². The molecule has 2 heterocycles. The molecule has 1 aliphatic rings. The number of carboxylic acid groups (broad SMARTS) is 1. The molecule has 0 radical (unpaired) electrons. The van der Waals surface area contributed by atoms with Gasteiger partial charge in [-0.2, -0.15) is 0 Å². The van der Waals surface area contributed by atoms with E-state index in [-0.39, 0.29) is 24.2 Å². The molecule has 168 valence electrons. The van der Waals surface area contributed by atoms with Gasteiger partial charge in [-0.05, 0) is 51.0 Å². The smallest absolute Gasteiger partial charge is 0.465 e. The number of nitrogens with one attached hydrogen (secondary N) is 1. The van der Waals surface area contributed by atoms with E-state index in [4.69, 9.17) is 0 Å². The second-order valence-corrected chi connectivity index (χ2v) is 8.35. The zero-order valence-corrected chi connectivity index (χ0v) is 17.4. The van der Waals surface area contributed by atoms with Crippen molar-refractivity contribution >= 4 is 12.0 Å². The minimum absolute atomic E-state index is 0.194. The Bertz CT molecular complexity index is 979. The van der Waals surface area contributed by atoms with Gasteiger partial charge in [-0.1, -0.05) is 12.1 Å². The number of alkyl halides is 3. The van der Waals surface area contributed by atoms with Crippen LogP contribution < -0.4 is 10.1 Å². The number of ether oxygens (including phenoxy) is 1. The van der Waals surface area contributed by atoms with Crippen molar-refractivity contribution in [3.63, 3.8) is 0 Å². The maximum absolute atomic E-state index is 12.5. The van der Waals surface area contributed by atoms with Gasteiger partial charge in [0.15, 0.2) is 0 Å². The van der Waals surface area contributed by atoms with Crippen LogP contribution in [0.15, 0.2) is 36.5 Å². The molecule has 10 heteroatoms. The minimum atomic E-state index is -4.80. The molecule has 31 heavy (non-hydrogen) atoms. The van der Waals surface area contributed by atoms with Crippen molar-refractivity contribution < 1.29 is 32.6 Å². The molecule has 1 atom stereocenters. The summed E-state index contributed by atoms with van der Waals surface area (Å²) >= 11 is 0. The van der Waals surface area contributed by atoms with E-state index in [0.29, 0.717) is 29.8 Å². The van der Waals surface area contributed by atoms with E-state index in [1.165, 1.54) is 23.1 Å². The lowest BCUT2D eigenvalue weighted by molar-refractivity contribution is -0.274. The predicted molar refractivity (Wildman–Crippen MR) is 107 cm³/mol. The van der Waals surface area contributed by atoms with Gasteiger partial charge in [-0.25, -0.2) is 4.79 Å². The Morgan fingerprint density at radius 2 is 1.97 bits per heavy atom. The van der Waals surface area contributed by atoms with Gasteiger partial charge in [0.2, 0.25) is 0 Å². The Labute approximate surface area is 177 Å². The van der Waals surface area contributed by atoms with E-state index in [1.807, 2.05) is 0 Å². The van der Waals surface area contributed by atoms with E-state index >= 15 is 0 Å². The monoisotopic (exact) mass is 439 g/mol. The number of amides is 2. The van der Waals surface area contributed by atoms with E-state index in [9.17, 15) is 27.9 Å². The summed E-state index contributed by atoms with van der Waals surface area (Å²) in [6.07, 6.45) is -3.66. The molecule has 0 spiro atoms. The Morgan fingerprint density at radius 1 is 1.26 bits per heavy atom. The van der Waals surface area contributed by atoms with Gasteiger partial charge >= 0.3 is 12.5 Å². The normalized spacial score (nSPS) is 16.5. The molecule has 1 aromatic carbocycles. The van der Waals surface area contributed by atoms with Crippen LogP contribution in [0.2, 0.25) is 0 Å². The summed E-state index contributed by atoms with van der Waals surface area (Å²) in [4.78, 5) is 25.3. The molecule has 3 rings (SSSR count). The molecular formula is C21H24F3N3O4. The lowest BCUT2D eigenvalue weighted by atomic mass is 10.0. The number of benzene rings is 1. The Kier molecular flexibility index (Phi) is 5.93. The number of aromatic nitrogens is 1. The highest BCUT2D eigenvalue weighted by Crippen LogP contribution is 2.32. The van der Waals surface area contributed by atoms with Gasteiger partial charge in [0.1, 0.15) is 11.4 Å². The van der Waals surface area contributed by atoms with Crippen LogP contribution in [0.5, 0.6) is 5.75 Å². The molecule has 0 fully saturated rings.